The lowest BCUT2D eigenvalue weighted by Gasteiger charge is -2.14. The van der Waals surface area contributed by atoms with Crippen LogP contribution in [0.3, 0.4) is 0 Å². The van der Waals surface area contributed by atoms with Crippen molar-refractivity contribution in [1.82, 2.24) is 14.9 Å². The van der Waals surface area contributed by atoms with Gasteiger partial charge in [-0.2, -0.15) is 0 Å². The molecule has 6 nitrogen and oxygen atoms in total. The van der Waals surface area contributed by atoms with Gasteiger partial charge in [0.05, 0.1) is 0 Å². The molecule has 0 radical (unpaired) electrons. The second-order valence-corrected chi connectivity index (χ2v) is 8.26. The lowest BCUT2D eigenvalue weighted by atomic mass is 10.1. The van der Waals surface area contributed by atoms with E-state index in [1.165, 1.54) is 16.7 Å². The van der Waals surface area contributed by atoms with E-state index in [-0.39, 0.29) is 11.8 Å². The molecule has 2 heterocycles. The van der Waals surface area contributed by atoms with Crippen LogP contribution in [0.15, 0.2) is 67.0 Å². The molecule has 0 bridgehead atoms. The van der Waals surface area contributed by atoms with Crippen molar-refractivity contribution in [2.75, 3.05) is 5.32 Å². The number of carbonyl (C=O) groups excluding carboxylic acids is 2. The topological polar surface area (TPSA) is 76.0 Å². The molecule has 0 aliphatic carbocycles. The van der Waals surface area contributed by atoms with Gasteiger partial charge in [0.1, 0.15) is 5.69 Å². The summed E-state index contributed by atoms with van der Waals surface area (Å²) in [6, 6.07) is 17.8. The number of pyridine rings is 1. The molecule has 0 saturated carbocycles. The molecule has 0 atom stereocenters. The van der Waals surface area contributed by atoms with Gasteiger partial charge < -0.3 is 15.2 Å². The SMILES string of the molecule is CCC(=O)Nc1ccc2c(c1)cc(C(=O)NCc1ccncc1)n2Cc1cc(C)ccc1C. The molecule has 0 unspecified atom stereocenters. The van der Waals surface area contributed by atoms with Crippen molar-refractivity contribution >= 4 is 28.4 Å². The molecule has 4 rings (SSSR count). The predicted octanol–water partition coefficient (Wildman–Crippen LogP) is 4.98. The van der Waals surface area contributed by atoms with Crippen LogP contribution in [0.2, 0.25) is 0 Å². The molecular weight excluding hydrogens is 412 g/mol. The summed E-state index contributed by atoms with van der Waals surface area (Å²) in [5, 5.41) is 6.83. The maximum atomic E-state index is 13.2. The zero-order chi connectivity index (χ0) is 23.4. The highest BCUT2D eigenvalue weighted by Crippen LogP contribution is 2.26. The van der Waals surface area contributed by atoms with Crippen LogP contribution in [0.5, 0.6) is 0 Å². The van der Waals surface area contributed by atoms with Crippen LogP contribution in [-0.2, 0) is 17.9 Å². The molecule has 168 valence electrons. The fourth-order valence-electron chi connectivity index (χ4n) is 3.87. The number of carbonyl (C=O) groups is 2. The van der Waals surface area contributed by atoms with Crippen molar-refractivity contribution in [2.24, 2.45) is 0 Å². The third kappa shape index (κ3) is 5.12. The zero-order valence-electron chi connectivity index (χ0n) is 19.2. The van der Waals surface area contributed by atoms with Crippen LogP contribution in [0.4, 0.5) is 5.69 Å². The van der Waals surface area contributed by atoms with Crippen molar-refractivity contribution in [2.45, 2.75) is 40.3 Å². The maximum Gasteiger partial charge on any atom is 0.268 e. The minimum Gasteiger partial charge on any atom is -0.347 e. The monoisotopic (exact) mass is 440 g/mol. The number of hydrogen-bond acceptors (Lipinski definition) is 3. The van der Waals surface area contributed by atoms with Crippen LogP contribution in [0.25, 0.3) is 10.9 Å². The van der Waals surface area contributed by atoms with E-state index >= 15 is 0 Å². The van der Waals surface area contributed by atoms with Gasteiger partial charge in [-0.25, -0.2) is 0 Å². The number of aromatic nitrogens is 2. The summed E-state index contributed by atoms with van der Waals surface area (Å²) in [6.07, 6.45) is 3.84. The first-order valence-electron chi connectivity index (χ1n) is 11.1. The summed E-state index contributed by atoms with van der Waals surface area (Å²) in [4.78, 5) is 29.1. The minimum atomic E-state index is -0.146. The molecule has 33 heavy (non-hydrogen) atoms. The molecule has 4 aromatic rings. The summed E-state index contributed by atoms with van der Waals surface area (Å²) in [7, 11) is 0. The minimum absolute atomic E-state index is 0.0421. The molecular formula is C27H28N4O2. The molecule has 0 saturated heterocycles. The van der Waals surface area contributed by atoms with Gasteiger partial charge in [-0.1, -0.05) is 30.7 Å². The quantitative estimate of drug-likeness (QED) is 0.426. The Hall–Kier alpha value is -3.93. The van der Waals surface area contributed by atoms with Gasteiger partial charge in [-0.3, -0.25) is 14.6 Å². The molecule has 2 N–H and O–H groups in total. The first kappa shape index (κ1) is 22.3. The van der Waals surface area contributed by atoms with Gasteiger partial charge in [-0.15, -0.1) is 0 Å². The summed E-state index contributed by atoms with van der Waals surface area (Å²) < 4.78 is 2.05. The van der Waals surface area contributed by atoms with Gasteiger partial charge >= 0.3 is 0 Å². The Morgan fingerprint density at radius 2 is 1.76 bits per heavy atom. The van der Waals surface area contributed by atoms with E-state index in [1.54, 1.807) is 12.4 Å². The Morgan fingerprint density at radius 1 is 0.970 bits per heavy atom. The van der Waals surface area contributed by atoms with E-state index in [2.05, 4.69) is 47.7 Å². The number of nitrogens with one attached hydrogen (secondary N) is 2. The van der Waals surface area contributed by atoms with Gasteiger partial charge in [-0.05, 0) is 66.9 Å². The van der Waals surface area contributed by atoms with E-state index in [9.17, 15) is 9.59 Å². The molecule has 2 aromatic heterocycles. The molecule has 2 amide bonds. The lowest BCUT2D eigenvalue weighted by molar-refractivity contribution is -0.115. The second kappa shape index (κ2) is 9.69. The number of fused-ring (bicyclic) bond motifs is 1. The van der Waals surface area contributed by atoms with Crippen LogP contribution >= 0.6 is 0 Å². The number of benzene rings is 2. The number of anilines is 1. The highest BCUT2D eigenvalue weighted by molar-refractivity contribution is 6.00. The molecule has 0 aliphatic rings. The van der Waals surface area contributed by atoms with E-state index in [0.717, 1.165) is 22.2 Å². The Bertz CT molecular complexity index is 1310. The van der Waals surface area contributed by atoms with Crippen molar-refractivity contribution in [3.8, 4) is 0 Å². The highest BCUT2D eigenvalue weighted by atomic mass is 16.2. The number of rotatable bonds is 7. The maximum absolute atomic E-state index is 13.2. The summed E-state index contributed by atoms with van der Waals surface area (Å²) in [6.45, 7) is 6.98. The van der Waals surface area contributed by atoms with Crippen molar-refractivity contribution in [3.63, 3.8) is 0 Å². The Labute approximate surface area is 193 Å². The average Bonchev–Trinajstić information content (AvgIpc) is 3.18. The van der Waals surface area contributed by atoms with Gasteiger partial charge in [0.25, 0.3) is 5.91 Å². The molecule has 6 heteroatoms. The van der Waals surface area contributed by atoms with Crippen molar-refractivity contribution in [1.29, 1.82) is 0 Å². The Kier molecular flexibility index (Phi) is 6.54. The van der Waals surface area contributed by atoms with Crippen molar-refractivity contribution in [3.05, 3.63) is 94.9 Å². The Morgan fingerprint density at radius 3 is 2.52 bits per heavy atom. The van der Waals surface area contributed by atoms with E-state index in [0.29, 0.717) is 25.2 Å². The lowest BCUT2D eigenvalue weighted by Crippen LogP contribution is -2.25. The fourth-order valence-corrected chi connectivity index (χ4v) is 3.87. The number of aryl methyl sites for hydroxylation is 2. The van der Waals surface area contributed by atoms with E-state index in [4.69, 9.17) is 0 Å². The third-order valence-corrected chi connectivity index (χ3v) is 5.77. The van der Waals surface area contributed by atoms with E-state index < -0.39 is 0 Å². The molecule has 0 fully saturated rings. The smallest absolute Gasteiger partial charge is 0.268 e. The number of amides is 2. The van der Waals surface area contributed by atoms with Crippen molar-refractivity contribution < 1.29 is 9.59 Å². The van der Waals surface area contributed by atoms with Gasteiger partial charge in [0, 0.05) is 48.5 Å². The summed E-state index contributed by atoms with van der Waals surface area (Å²) >= 11 is 0. The van der Waals surface area contributed by atoms with Crippen LogP contribution in [0.1, 0.15) is 46.1 Å². The van der Waals surface area contributed by atoms with Gasteiger partial charge in [0.2, 0.25) is 5.91 Å². The van der Waals surface area contributed by atoms with Crippen LogP contribution in [0, 0.1) is 13.8 Å². The molecule has 2 aromatic carbocycles. The second-order valence-electron chi connectivity index (χ2n) is 8.26. The largest absolute Gasteiger partial charge is 0.347 e. The zero-order valence-corrected chi connectivity index (χ0v) is 19.2. The predicted molar refractivity (Wildman–Crippen MR) is 131 cm³/mol. The number of hydrogen-bond donors (Lipinski definition) is 2. The van der Waals surface area contributed by atoms with Crippen LogP contribution < -0.4 is 10.6 Å². The fraction of sp³-hybridized carbons (Fsp3) is 0.222. The first-order chi connectivity index (χ1) is 15.9. The van der Waals surface area contributed by atoms with E-state index in [1.807, 2.05) is 47.9 Å². The first-order valence-corrected chi connectivity index (χ1v) is 11.1. The summed E-state index contributed by atoms with van der Waals surface area (Å²) in [5.74, 6) is -0.188. The summed E-state index contributed by atoms with van der Waals surface area (Å²) in [5.41, 5.74) is 6.76. The standard InChI is InChI=1S/C27H28N4O2/c1-4-26(32)30-23-7-8-24-21(14-23)15-25(27(33)29-16-20-9-11-28-12-10-20)31(24)17-22-13-18(2)5-6-19(22)3/h5-15H,4,16-17H2,1-3H3,(H,29,33)(H,30,32). The van der Waals surface area contributed by atoms with Gasteiger partial charge in [0.15, 0.2) is 0 Å². The highest BCUT2D eigenvalue weighted by Gasteiger charge is 2.17. The van der Waals surface area contributed by atoms with Crippen LogP contribution in [-0.4, -0.2) is 21.4 Å². The Balaban J connectivity index is 1.72. The average molecular weight is 441 g/mol. The molecule has 0 aliphatic heterocycles. The normalized spacial score (nSPS) is 10.9. The number of nitrogens with zero attached hydrogens (tertiary/aromatic N) is 2. The third-order valence-electron chi connectivity index (χ3n) is 5.77. The molecule has 0 spiro atoms.